The lowest BCUT2D eigenvalue weighted by molar-refractivity contribution is -0.156. The minimum atomic E-state index is -0.456. The molecule has 1 aliphatic rings. The number of hydrogen-bond acceptors (Lipinski definition) is 3. The first-order chi connectivity index (χ1) is 4.20. The number of cyclic esters (lactones) is 1. The fourth-order valence-corrected chi connectivity index (χ4v) is 0.800. The molecule has 0 radical (unpaired) electrons. The summed E-state index contributed by atoms with van der Waals surface area (Å²) < 4.78 is 4.57. The van der Waals surface area contributed by atoms with Crippen molar-refractivity contribution in [2.24, 2.45) is 5.92 Å². The van der Waals surface area contributed by atoms with Crippen molar-refractivity contribution in [1.82, 2.24) is 0 Å². The van der Waals surface area contributed by atoms with Gasteiger partial charge >= 0.3 is 5.97 Å². The zero-order valence-corrected chi connectivity index (χ0v) is 5.33. The lowest BCUT2D eigenvalue weighted by Crippen LogP contribution is -2.33. The van der Waals surface area contributed by atoms with Gasteiger partial charge in [0, 0.05) is 0 Å². The molecule has 1 saturated heterocycles. The average molecular weight is 130 g/mol. The predicted molar refractivity (Wildman–Crippen MR) is 30.7 cm³/mol. The Balaban J connectivity index is 2.44. The van der Waals surface area contributed by atoms with Crippen molar-refractivity contribution in [3.05, 3.63) is 0 Å². The third-order valence-electron chi connectivity index (χ3n) is 1.56. The van der Waals surface area contributed by atoms with Crippen LogP contribution in [0.5, 0.6) is 0 Å². The molecule has 1 fully saturated rings. The Kier molecular flexibility index (Phi) is 1.71. The number of aliphatic hydroxyl groups excluding tert-OH is 1. The molecular formula is C6H10O3. The van der Waals surface area contributed by atoms with Gasteiger partial charge in [-0.05, 0) is 5.92 Å². The first-order valence-corrected chi connectivity index (χ1v) is 3.04. The number of hydrogen-bond donors (Lipinski definition) is 1. The molecular weight excluding hydrogens is 120 g/mol. The normalized spacial score (nSPS) is 36.0. The van der Waals surface area contributed by atoms with E-state index in [0.717, 1.165) is 0 Å². The molecule has 0 aliphatic carbocycles. The quantitative estimate of drug-likeness (QED) is 0.467. The van der Waals surface area contributed by atoms with Crippen LogP contribution >= 0.6 is 0 Å². The fraction of sp³-hybridized carbons (Fsp3) is 0.833. The highest BCUT2D eigenvalue weighted by molar-refractivity contribution is 5.70. The maximum atomic E-state index is 10.5. The summed E-state index contributed by atoms with van der Waals surface area (Å²) in [6.07, 6.45) is -0.107. The molecule has 1 heterocycles. The monoisotopic (exact) mass is 130 g/mol. The molecule has 3 nitrogen and oxygen atoms in total. The van der Waals surface area contributed by atoms with Crippen LogP contribution in [0.4, 0.5) is 0 Å². The van der Waals surface area contributed by atoms with Crippen molar-refractivity contribution >= 4 is 5.97 Å². The standard InChI is InChI=1S/C6H10O3/c1-4-2-6(8)9-3-5(4)7/h4-5,7H,2-3H2,1H3/t4-,5+/m0/s1. The number of carbonyl (C=O) groups excluding carboxylic acids is 1. The highest BCUT2D eigenvalue weighted by Crippen LogP contribution is 2.14. The summed E-state index contributed by atoms with van der Waals surface area (Å²) in [7, 11) is 0. The lowest BCUT2D eigenvalue weighted by atomic mass is 10.00. The van der Waals surface area contributed by atoms with Gasteiger partial charge in [0.1, 0.15) is 6.61 Å². The molecule has 0 unspecified atom stereocenters. The highest BCUT2D eigenvalue weighted by Gasteiger charge is 2.24. The van der Waals surface area contributed by atoms with Crippen LogP contribution in [0.1, 0.15) is 13.3 Å². The van der Waals surface area contributed by atoms with E-state index in [4.69, 9.17) is 5.11 Å². The fourth-order valence-electron chi connectivity index (χ4n) is 0.800. The second kappa shape index (κ2) is 2.35. The second-order valence-electron chi connectivity index (χ2n) is 2.43. The number of rotatable bonds is 0. The SMILES string of the molecule is C[C@H]1CC(=O)OC[C@H]1O. The van der Waals surface area contributed by atoms with Crippen LogP contribution in [0.3, 0.4) is 0 Å². The lowest BCUT2D eigenvalue weighted by Gasteiger charge is -2.22. The van der Waals surface area contributed by atoms with Crippen LogP contribution in [0.2, 0.25) is 0 Å². The summed E-state index contributed by atoms with van der Waals surface area (Å²) in [4.78, 5) is 10.5. The molecule has 2 atom stereocenters. The zero-order chi connectivity index (χ0) is 6.85. The van der Waals surface area contributed by atoms with Gasteiger partial charge in [0.25, 0.3) is 0 Å². The number of esters is 1. The number of ether oxygens (including phenoxy) is 1. The van der Waals surface area contributed by atoms with E-state index in [1.54, 1.807) is 0 Å². The molecule has 3 heteroatoms. The van der Waals surface area contributed by atoms with Gasteiger partial charge in [-0.3, -0.25) is 4.79 Å². The Labute approximate surface area is 53.6 Å². The van der Waals surface area contributed by atoms with E-state index >= 15 is 0 Å². The van der Waals surface area contributed by atoms with Crippen LogP contribution in [0.15, 0.2) is 0 Å². The predicted octanol–water partition coefficient (Wildman–Crippen LogP) is -0.0697. The molecule has 52 valence electrons. The van der Waals surface area contributed by atoms with Crippen LogP contribution in [-0.4, -0.2) is 23.8 Å². The average Bonchev–Trinajstić information content (AvgIpc) is 1.80. The first kappa shape index (κ1) is 6.55. The maximum Gasteiger partial charge on any atom is 0.306 e. The molecule has 0 aromatic heterocycles. The maximum absolute atomic E-state index is 10.5. The van der Waals surface area contributed by atoms with Crippen molar-refractivity contribution in [2.45, 2.75) is 19.4 Å². The Morgan fingerprint density at radius 2 is 2.44 bits per heavy atom. The van der Waals surface area contributed by atoms with Gasteiger partial charge < -0.3 is 9.84 Å². The van der Waals surface area contributed by atoms with Gasteiger partial charge in [0.05, 0.1) is 12.5 Å². The van der Waals surface area contributed by atoms with Crippen LogP contribution in [-0.2, 0) is 9.53 Å². The van der Waals surface area contributed by atoms with Gasteiger partial charge in [0.15, 0.2) is 0 Å². The van der Waals surface area contributed by atoms with E-state index in [1.165, 1.54) is 0 Å². The molecule has 1 aliphatic heterocycles. The molecule has 0 aromatic carbocycles. The first-order valence-electron chi connectivity index (χ1n) is 3.04. The minimum absolute atomic E-state index is 0.0613. The molecule has 9 heavy (non-hydrogen) atoms. The second-order valence-corrected chi connectivity index (χ2v) is 2.43. The largest absolute Gasteiger partial charge is 0.463 e. The van der Waals surface area contributed by atoms with Crippen LogP contribution in [0.25, 0.3) is 0 Å². The Hall–Kier alpha value is -0.570. The number of carbonyl (C=O) groups is 1. The molecule has 0 aromatic rings. The Morgan fingerprint density at radius 3 is 2.89 bits per heavy atom. The molecule has 1 N–H and O–H groups in total. The van der Waals surface area contributed by atoms with Crippen molar-refractivity contribution in [2.75, 3.05) is 6.61 Å². The van der Waals surface area contributed by atoms with E-state index in [9.17, 15) is 4.79 Å². The van der Waals surface area contributed by atoms with E-state index in [1.807, 2.05) is 6.92 Å². The summed E-state index contributed by atoms with van der Waals surface area (Å²) in [5.41, 5.74) is 0. The molecule has 0 saturated carbocycles. The van der Waals surface area contributed by atoms with E-state index in [2.05, 4.69) is 4.74 Å². The van der Waals surface area contributed by atoms with Crippen molar-refractivity contribution in [1.29, 1.82) is 0 Å². The van der Waals surface area contributed by atoms with Gasteiger partial charge in [0.2, 0.25) is 0 Å². The molecule has 0 bridgehead atoms. The topological polar surface area (TPSA) is 46.5 Å². The summed E-state index contributed by atoms with van der Waals surface area (Å²) in [6, 6.07) is 0. The molecule has 1 rings (SSSR count). The third kappa shape index (κ3) is 1.42. The smallest absolute Gasteiger partial charge is 0.306 e. The van der Waals surface area contributed by atoms with E-state index in [-0.39, 0.29) is 18.5 Å². The Morgan fingerprint density at radius 1 is 1.78 bits per heavy atom. The van der Waals surface area contributed by atoms with Crippen molar-refractivity contribution in [3.63, 3.8) is 0 Å². The summed E-state index contributed by atoms with van der Waals surface area (Å²) in [5.74, 6) is -0.140. The zero-order valence-electron chi connectivity index (χ0n) is 5.33. The van der Waals surface area contributed by atoms with Gasteiger partial charge in [-0.1, -0.05) is 6.92 Å². The third-order valence-corrected chi connectivity index (χ3v) is 1.56. The highest BCUT2D eigenvalue weighted by atomic mass is 16.5. The van der Waals surface area contributed by atoms with E-state index < -0.39 is 6.10 Å². The summed E-state index contributed by atoms with van der Waals surface area (Å²) in [6.45, 7) is 2.01. The summed E-state index contributed by atoms with van der Waals surface area (Å²) >= 11 is 0. The van der Waals surface area contributed by atoms with Gasteiger partial charge in [-0.2, -0.15) is 0 Å². The van der Waals surface area contributed by atoms with Crippen molar-refractivity contribution < 1.29 is 14.6 Å². The van der Waals surface area contributed by atoms with Crippen molar-refractivity contribution in [3.8, 4) is 0 Å². The minimum Gasteiger partial charge on any atom is -0.463 e. The summed E-state index contributed by atoms with van der Waals surface area (Å²) in [5, 5.41) is 9.02. The van der Waals surface area contributed by atoms with Crippen LogP contribution < -0.4 is 0 Å². The molecule has 0 spiro atoms. The van der Waals surface area contributed by atoms with Gasteiger partial charge in [-0.15, -0.1) is 0 Å². The molecule has 0 amide bonds. The van der Waals surface area contributed by atoms with E-state index in [0.29, 0.717) is 6.42 Å². The number of aliphatic hydroxyl groups is 1. The Bertz CT molecular complexity index is 121. The van der Waals surface area contributed by atoms with Gasteiger partial charge in [-0.25, -0.2) is 0 Å². The van der Waals surface area contributed by atoms with Crippen LogP contribution in [0, 0.1) is 5.92 Å².